The molecule has 0 radical (unpaired) electrons. The van der Waals surface area contributed by atoms with E-state index < -0.39 is 32.7 Å². The monoisotopic (exact) mass is 526 g/mol. The predicted octanol–water partition coefficient (Wildman–Crippen LogP) is 5.79. The summed E-state index contributed by atoms with van der Waals surface area (Å²) in [5.74, 6) is 0. The second-order valence-corrected chi connectivity index (χ2v) is 9.15. The predicted molar refractivity (Wildman–Crippen MR) is 105 cm³/mol. The van der Waals surface area contributed by atoms with Gasteiger partial charge in [-0.1, -0.05) is 12.1 Å². The van der Waals surface area contributed by atoms with E-state index >= 15 is 0 Å². The zero-order valence-corrected chi connectivity index (χ0v) is 18.0. The Morgan fingerprint density at radius 3 is 2.56 bits per heavy atom. The molecule has 1 aromatic carbocycles. The van der Waals surface area contributed by atoms with Gasteiger partial charge >= 0.3 is 6.18 Å². The molecule has 0 aliphatic heterocycles. The number of rotatable bonds is 6. The van der Waals surface area contributed by atoms with Crippen molar-refractivity contribution in [2.45, 2.75) is 30.5 Å². The lowest BCUT2D eigenvalue weighted by atomic mass is 10.2. The molecule has 0 bridgehead atoms. The van der Waals surface area contributed by atoms with Crippen LogP contribution in [0.5, 0.6) is 0 Å². The third-order valence-electron chi connectivity index (χ3n) is 3.65. The van der Waals surface area contributed by atoms with E-state index in [0.717, 1.165) is 22.5 Å². The normalized spacial score (nSPS) is 13.3. The second kappa shape index (κ2) is 8.32. The highest BCUT2D eigenvalue weighted by Crippen LogP contribution is 2.36. The summed E-state index contributed by atoms with van der Waals surface area (Å²) in [7, 11) is -4.30. The molecule has 2 rings (SSSR count). The van der Waals surface area contributed by atoms with Crippen LogP contribution in [0.1, 0.15) is 18.9 Å². The van der Waals surface area contributed by atoms with Gasteiger partial charge in [-0.25, -0.2) is 13.4 Å². The number of sulfonamides is 1. The summed E-state index contributed by atoms with van der Waals surface area (Å²) in [4.78, 5) is 3.61. The highest BCUT2D eigenvalue weighted by molar-refractivity contribution is 9.11. The number of benzene rings is 1. The van der Waals surface area contributed by atoms with E-state index in [9.17, 15) is 21.6 Å². The number of alkyl halides is 3. The van der Waals surface area contributed by atoms with Gasteiger partial charge in [-0.05, 0) is 69.5 Å². The van der Waals surface area contributed by atoms with Gasteiger partial charge in [-0.3, -0.25) is 4.31 Å². The maximum atomic E-state index is 13.3. The van der Waals surface area contributed by atoms with Gasteiger partial charge in [0.25, 0.3) is 10.0 Å². The lowest BCUT2D eigenvalue weighted by molar-refractivity contribution is -0.137. The zero-order valence-electron chi connectivity index (χ0n) is 14.0. The van der Waals surface area contributed by atoms with E-state index in [0.29, 0.717) is 10.5 Å². The SMILES string of the molecule is C=CCC(C)N(c1cc(Br)cnc1Br)S(=O)(=O)c1cccc(C(F)(F)F)c1. The first kappa shape index (κ1) is 21.9. The Labute approximate surface area is 172 Å². The molecule has 2 aromatic rings. The van der Waals surface area contributed by atoms with Crippen LogP contribution in [-0.2, 0) is 16.2 Å². The Morgan fingerprint density at radius 2 is 1.96 bits per heavy atom. The van der Waals surface area contributed by atoms with E-state index in [-0.39, 0.29) is 16.7 Å². The molecule has 0 N–H and O–H groups in total. The molecule has 1 heterocycles. The maximum absolute atomic E-state index is 13.3. The van der Waals surface area contributed by atoms with Gasteiger partial charge in [0.05, 0.1) is 16.1 Å². The van der Waals surface area contributed by atoms with Crippen molar-refractivity contribution >= 4 is 47.6 Å². The first-order valence-corrected chi connectivity index (χ1v) is 10.6. The van der Waals surface area contributed by atoms with E-state index in [1.165, 1.54) is 12.3 Å². The largest absolute Gasteiger partial charge is 0.416 e. The molecule has 0 saturated heterocycles. The molecule has 0 saturated carbocycles. The number of pyridine rings is 1. The molecular formula is C17H15Br2F3N2O2S. The molecular weight excluding hydrogens is 513 g/mol. The Hall–Kier alpha value is -1.39. The molecule has 0 amide bonds. The average Bonchev–Trinajstić information content (AvgIpc) is 2.57. The molecule has 0 aliphatic carbocycles. The molecule has 4 nitrogen and oxygen atoms in total. The second-order valence-electron chi connectivity index (χ2n) is 5.66. The Bertz CT molecular complexity index is 949. The topological polar surface area (TPSA) is 50.3 Å². The lowest BCUT2D eigenvalue weighted by Gasteiger charge is -2.30. The first-order valence-electron chi connectivity index (χ1n) is 7.62. The van der Waals surface area contributed by atoms with Gasteiger partial charge in [-0.2, -0.15) is 13.2 Å². The Kier molecular flexibility index (Phi) is 6.75. The van der Waals surface area contributed by atoms with Crippen molar-refractivity contribution in [2.24, 2.45) is 0 Å². The molecule has 27 heavy (non-hydrogen) atoms. The van der Waals surface area contributed by atoms with Crippen LogP contribution in [0, 0.1) is 0 Å². The summed E-state index contributed by atoms with van der Waals surface area (Å²) in [6.45, 7) is 5.25. The van der Waals surface area contributed by atoms with E-state index in [2.05, 4.69) is 43.4 Å². The van der Waals surface area contributed by atoms with Crippen molar-refractivity contribution in [1.29, 1.82) is 0 Å². The fraction of sp³-hybridized carbons (Fsp3) is 0.235. The third-order valence-corrected chi connectivity index (χ3v) is 6.62. The summed E-state index contributed by atoms with van der Waals surface area (Å²) in [6.07, 6.45) is -1.35. The zero-order chi connectivity index (χ0) is 20.4. The summed E-state index contributed by atoms with van der Waals surface area (Å²) >= 11 is 6.46. The third kappa shape index (κ3) is 4.91. The molecule has 146 valence electrons. The van der Waals surface area contributed by atoms with Crippen LogP contribution in [0.15, 0.2) is 63.2 Å². The molecule has 1 unspecified atom stereocenters. The number of aromatic nitrogens is 1. The summed E-state index contributed by atoms with van der Waals surface area (Å²) < 4.78 is 67.4. The van der Waals surface area contributed by atoms with Gasteiger partial charge in [0.1, 0.15) is 4.60 Å². The van der Waals surface area contributed by atoms with Crippen LogP contribution in [0.25, 0.3) is 0 Å². The molecule has 0 spiro atoms. The van der Waals surface area contributed by atoms with Gasteiger partial charge < -0.3 is 0 Å². The highest BCUT2D eigenvalue weighted by Gasteiger charge is 2.35. The van der Waals surface area contributed by atoms with Crippen molar-refractivity contribution in [3.05, 3.63) is 63.8 Å². The molecule has 0 aliphatic rings. The Balaban J connectivity index is 2.68. The van der Waals surface area contributed by atoms with E-state index in [4.69, 9.17) is 0 Å². The van der Waals surface area contributed by atoms with Crippen LogP contribution in [0.3, 0.4) is 0 Å². The maximum Gasteiger partial charge on any atom is 0.416 e. The van der Waals surface area contributed by atoms with Gasteiger partial charge in [0, 0.05) is 16.7 Å². The van der Waals surface area contributed by atoms with E-state index in [1.807, 2.05) is 0 Å². The summed E-state index contributed by atoms with van der Waals surface area (Å²) in [5.41, 5.74) is -0.831. The molecule has 1 aromatic heterocycles. The van der Waals surface area contributed by atoms with Crippen LogP contribution in [0.4, 0.5) is 18.9 Å². The minimum absolute atomic E-state index is 0.205. The van der Waals surface area contributed by atoms with Crippen LogP contribution in [0.2, 0.25) is 0 Å². The van der Waals surface area contributed by atoms with Gasteiger partial charge in [0.2, 0.25) is 0 Å². The number of hydrogen-bond acceptors (Lipinski definition) is 3. The molecule has 1 atom stereocenters. The minimum Gasteiger partial charge on any atom is -0.260 e. The lowest BCUT2D eigenvalue weighted by Crippen LogP contribution is -2.39. The van der Waals surface area contributed by atoms with Crippen LogP contribution in [-0.4, -0.2) is 19.4 Å². The summed E-state index contributed by atoms with van der Waals surface area (Å²) in [5, 5.41) is 0. The minimum atomic E-state index is -4.65. The number of hydrogen-bond donors (Lipinski definition) is 0. The van der Waals surface area contributed by atoms with Crippen molar-refractivity contribution in [1.82, 2.24) is 4.98 Å². The van der Waals surface area contributed by atoms with Crippen molar-refractivity contribution in [2.75, 3.05) is 4.31 Å². The molecule has 0 fully saturated rings. The molecule has 10 heteroatoms. The highest BCUT2D eigenvalue weighted by atomic mass is 79.9. The fourth-order valence-corrected chi connectivity index (χ4v) is 5.01. The first-order chi connectivity index (χ1) is 12.5. The smallest absolute Gasteiger partial charge is 0.260 e. The van der Waals surface area contributed by atoms with E-state index in [1.54, 1.807) is 13.0 Å². The van der Waals surface area contributed by atoms with Crippen LogP contribution >= 0.6 is 31.9 Å². The van der Waals surface area contributed by atoms with Gasteiger partial charge in [0.15, 0.2) is 0 Å². The standard InChI is InChI=1S/C17H15Br2F3N2O2S/c1-3-5-11(2)24(15-9-13(18)10-23-16(15)19)27(25,26)14-7-4-6-12(8-14)17(20,21)22/h3-4,6-11H,1,5H2,2H3. The average molecular weight is 528 g/mol. The quantitative estimate of drug-likeness (QED) is 0.353. The number of nitrogens with zero attached hydrogens (tertiary/aromatic N) is 2. The van der Waals surface area contributed by atoms with Gasteiger partial charge in [-0.15, -0.1) is 6.58 Å². The number of halogens is 5. The fourth-order valence-electron chi connectivity index (χ4n) is 2.45. The Morgan fingerprint density at radius 1 is 1.30 bits per heavy atom. The summed E-state index contributed by atoms with van der Waals surface area (Å²) in [6, 6.07) is 4.59. The van der Waals surface area contributed by atoms with Crippen LogP contribution < -0.4 is 4.31 Å². The number of anilines is 1. The van der Waals surface area contributed by atoms with Crippen molar-refractivity contribution in [3.63, 3.8) is 0 Å². The van der Waals surface area contributed by atoms with Crippen molar-refractivity contribution < 1.29 is 21.6 Å². The van der Waals surface area contributed by atoms with Crippen molar-refractivity contribution in [3.8, 4) is 0 Å².